The second kappa shape index (κ2) is 5.46. The first-order chi connectivity index (χ1) is 9.36. The van der Waals surface area contributed by atoms with E-state index >= 15 is 0 Å². The standard InChI is InChI=1S/C13H12N4S2/c1-2-9-6-11-12(14-8-15-13(11)19-9)17-16-7-10-4-3-5-18-10/h3-8H,2H2,1H3,(H,14,15,17)/b16-7+. The summed E-state index contributed by atoms with van der Waals surface area (Å²) >= 11 is 3.35. The normalized spacial score (nSPS) is 11.4. The third-order valence-corrected chi connectivity index (χ3v) is 4.63. The Labute approximate surface area is 118 Å². The Balaban J connectivity index is 1.86. The molecule has 0 bridgehead atoms. The van der Waals surface area contributed by atoms with Gasteiger partial charge in [0.2, 0.25) is 0 Å². The van der Waals surface area contributed by atoms with Crippen LogP contribution in [0.1, 0.15) is 16.7 Å². The topological polar surface area (TPSA) is 50.2 Å². The fourth-order valence-electron chi connectivity index (χ4n) is 1.69. The molecule has 3 heterocycles. The van der Waals surface area contributed by atoms with Crippen molar-refractivity contribution in [2.45, 2.75) is 13.3 Å². The Morgan fingerprint density at radius 3 is 3.16 bits per heavy atom. The van der Waals surface area contributed by atoms with E-state index in [-0.39, 0.29) is 0 Å². The minimum absolute atomic E-state index is 0.758. The molecular weight excluding hydrogens is 276 g/mol. The molecule has 3 aromatic rings. The zero-order valence-electron chi connectivity index (χ0n) is 10.3. The van der Waals surface area contributed by atoms with Crippen LogP contribution >= 0.6 is 22.7 Å². The number of aryl methyl sites for hydroxylation is 1. The largest absolute Gasteiger partial charge is 0.261 e. The van der Waals surface area contributed by atoms with Crippen LogP contribution in [0.3, 0.4) is 0 Å². The summed E-state index contributed by atoms with van der Waals surface area (Å²) in [6.45, 7) is 2.14. The highest BCUT2D eigenvalue weighted by molar-refractivity contribution is 7.18. The number of aromatic nitrogens is 2. The van der Waals surface area contributed by atoms with Gasteiger partial charge >= 0.3 is 0 Å². The second-order valence-electron chi connectivity index (χ2n) is 3.89. The number of nitrogens with one attached hydrogen (secondary N) is 1. The molecule has 0 atom stereocenters. The van der Waals surface area contributed by atoms with Gasteiger partial charge in [-0.3, -0.25) is 5.43 Å². The Hall–Kier alpha value is -1.79. The number of hydrogen-bond acceptors (Lipinski definition) is 6. The first kappa shape index (κ1) is 12.3. The Bertz CT molecular complexity index is 701. The van der Waals surface area contributed by atoms with Crippen LogP contribution in [-0.4, -0.2) is 16.2 Å². The Morgan fingerprint density at radius 2 is 2.37 bits per heavy atom. The molecular formula is C13H12N4S2. The van der Waals surface area contributed by atoms with Gasteiger partial charge in [-0.15, -0.1) is 22.7 Å². The van der Waals surface area contributed by atoms with Gasteiger partial charge in [-0.1, -0.05) is 13.0 Å². The highest BCUT2D eigenvalue weighted by atomic mass is 32.1. The molecule has 3 rings (SSSR count). The fourth-order valence-corrected chi connectivity index (χ4v) is 3.21. The summed E-state index contributed by atoms with van der Waals surface area (Å²) in [6.07, 6.45) is 4.38. The summed E-state index contributed by atoms with van der Waals surface area (Å²) < 4.78 is 0. The molecule has 0 spiro atoms. The molecule has 0 radical (unpaired) electrons. The molecule has 3 aromatic heterocycles. The lowest BCUT2D eigenvalue weighted by molar-refractivity contribution is 1.18. The van der Waals surface area contributed by atoms with E-state index in [1.807, 2.05) is 17.5 Å². The van der Waals surface area contributed by atoms with Gasteiger partial charge in [0, 0.05) is 9.75 Å². The first-order valence-corrected chi connectivity index (χ1v) is 7.62. The molecule has 0 aliphatic rings. The lowest BCUT2D eigenvalue weighted by Gasteiger charge is -1.99. The molecule has 1 N–H and O–H groups in total. The summed E-state index contributed by atoms with van der Waals surface area (Å²) in [5.74, 6) is 0.758. The monoisotopic (exact) mass is 288 g/mol. The molecule has 0 aromatic carbocycles. The van der Waals surface area contributed by atoms with Gasteiger partial charge in [0.15, 0.2) is 5.82 Å². The smallest absolute Gasteiger partial charge is 0.158 e. The van der Waals surface area contributed by atoms with Crippen LogP contribution in [0, 0.1) is 0 Å². The average Bonchev–Trinajstić information content (AvgIpc) is 3.07. The van der Waals surface area contributed by atoms with Crippen LogP contribution in [-0.2, 0) is 6.42 Å². The predicted octanol–water partition coefficient (Wildman–Crippen LogP) is 3.76. The number of rotatable bonds is 4. The van der Waals surface area contributed by atoms with Crippen molar-refractivity contribution in [2.24, 2.45) is 5.10 Å². The van der Waals surface area contributed by atoms with Gasteiger partial charge in [0.25, 0.3) is 0 Å². The van der Waals surface area contributed by atoms with Crippen LogP contribution < -0.4 is 5.43 Å². The molecule has 4 nitrogen and oxygen atoms in total. The van der Waals surface area contributed by atoms with Crippen molar-refractivity contribution >= 4 is 44.9 Å². The molecule has 0 saturated heterocycles. The van der Waals surface area contributed by atoms with Gasteiger partial charge in [0.05, 0.1) is 11.6 Å². The van der Waals surface area contributed by atoms with Crippen LogP contribution in [0.15, 0.2) is 35.0 Å². The van der Waals surface area contributed by atoms with Crippen molar-refractivity contribution in [3.05, 3.63) is 39.7 Å². The van der Waals surface area contributed by atoms with Crippen molar-refractivity contribution in [3.63, 3.8) is 0 Å². The summed E-state index contributed by atoms with van der Waals surface area (Å²) in [5.41, 5.74) is 3.00. The van der Waals surface area contributed by atoms with E-state index in [1.165, 1.54) is 4.88 Å². The molecule has 0 amide bonds. The number of hydrazone groups is 1. The van der Waals surface area contributed by atoms with E-state index in [0.717, 1.165) is 27.3 Å². The van der Waals surface area contributed by atoms with Crippen LogP contribution in [0.5, 0.6) is 0 Å². The number of fused-ring (bicyclic) bond motifs is 1. The van der Waals surface area contributed by atoms with Crippen LogP contribution in [0.2, 0.25) is 0 Å². The summed E-state index contributed by atoms with van der Waals surface area (Å²) in [4.78, 5) is 11.9. The SMILES string of the molecule is CCc1cc2c(N/N=C/c3cccs3)ncnc2s1. The maximum Gasteiger partial charge on any atom is 0.158 e. The second-order valence-corrected chi connectivity index (χ2v) is 5.99. The zero-order chi connectivity index (χ0) is 13.1. The van der Waals surface area contributed by atoms with Crippen LogP contribution in [0.25, 0.3) is 10.2 Å². The van der Waals surface area contributed by atoms with Crippen molar-refractivity contribution in [2.75, 3.05) is 5.43 Å². The quantitative estimate of drug-likeness (QED) is 0.587. The fraction of sp³-hybridized carbons (Fsp3) is 0.154. The molecule has 0 aliphatic carbocycles. The molecule has 0 unspecified atom stereocenters. The summed E-state index contributed by atoms with van der Waals surface area (Å²) in [5, 5.41) is 7.28. The predicted molar refractivity (Wildman–Crippen MR) is 82.3 cm³/mol. The van der Waals surface area contributed by atoms with Gasteiger partial charge in [-0.05, 0) is 23.9 Å². The van der Waals surface area contributed by atoms with E-state index in [4.69, 9.17) is 0 Å². The number of anilines is 1. The van der Waals surface area contributed by atoms with E-state index in [2.05, 4.69) is 33.5 Å². The first-order valence-electron chi connectivity index (χ1n) is 5.93. The van der Waals surface area contributed by atoms with Crippen molar-refractivity contribution < 1.29 is 0 Å². The van der Waals surface area contributed by atoms with E-state index in [1.54, 1.807) is 35.2 Å². The molecule has 19 heavy (non-hydrogen) atoms. The van der Waals surface area contributed by atoms with Crippen molar-refractivity contribution in [3.8, 4) is 0 Å². The van der Waals surface area contributed by atoms with Gasteiger partial charge in [0.1, 0.15) is 11.2 Å². The maximum atomic E-state index is 4.29. The van der Waals surface area contributed by atoms with Gasteiger partial charge in [-0.25, -0.2) is 9.97 Å². The minimum atomic E-state index is 0.758. The van der Waals surface area contributed by atoms with Crippen molar-refractivity contribution in [1.29, 1.82) is 0 Å². The third-order valence-electron chi connectivity index (χ3n) is 2.63. The van der Waals surface area contributed by atoms with E-state index in [9.17, 15) is 0 Å². The van der Waals surface area contributed by atoms with Gasteiger partial charge in [-0.2, -0.15) is 5.10 Å². The Morgan fingerprint density at radius 1 is 1.42 bits per heavy atom. The molecule has 0 saturated carbocycles. The molecule has 0 aliphatic heterocycles. The van der Waals surface area contributed by atoms with E-state index < -0.39 is 0 Å². The highest BCUT2D eigenvalue weighted by Gasteiger charge is 2.06. The lowest BCUT2D eigenvalue weighted by Crippen LogP contribution is -1.93. The van der Waals surface area contributed by atoms with E-state index in [0.29, 0.717) is 0 Å². The molecule has 6 heteroatoms. The maximum absolute atomic E-state index is 4.29. The molecule has 0 fully saturated rings. The minimum Gasteiger partial charge on any atom is -0.261 e. The highest BCUT2D eigenvalue weighted by Crippen LogP contribution is 2.28. The molecule has 96 valence electrons. The number of hydrogen-bond donors (Lipinski definition) is 1. The average molecular weight is 288 g/mol. The van der Waals surface area contributed by atoms with Crippen molar-refractivity contribution in [1.82, 2.24) is 9.97 Å². The number of nitrogens with zero attached hydrogens (tertiary/aromatic N) is 3. The lowest BCUT2D eigenvalue weighted by atomic mass is 10.3. The third kappa shape index (κ3) is 2.64. The zero-order valence-corrected chi connectivity index (χ0v) is 12.0. The van der Waals surface area contributed by atoms with Crippen LogP contribution in [0.4, 0.5) is 5.82 Å². The summed E-state index contributed by atoms with van der Waals surface area (Å²) in [6, 6.07) is 6.15. The van der Waals surface area contributed by atoms with Gasteiger partial charge < -0.3 is 0 Å². The number of thiophene rings is 2. The summed E-state index contributed by atoms with van der Waals surface area (Å²) in [7, 11) is 0. The Kier molecular flexibility index (Phi) is 3.52.